The fourth-order valence-corrected chi connectivity index (χ4v) is 2.48. The van der Waals surface area contributed by atoms with Gasteiger partial charge in [-0.2, -0.15) is 0 Å². The second kappa shape index (κ2) is 12.6. The Balaban J connectivity index is 2.40. The summed E-state index contributed by atoms with van der Waals surface area (Å²) in [5, 5.41) is 13.7. The molecule has 0 aromatic rings. The quantitative estimate of drug-likeness (QED) is 0.211. The first kappa shape index (κ1) is 24.2. The average molecular weight is 415 g/mol. The van der Waals surface area contributed by atoms with Crippen LogP contribution < -0.4 is 10.6 Å². The van der Waals surface area contributed by atoms with Crippen LogP contribution in [0.3, 0.4) is 0 Å². The first-order valence-electron chi connectivity index (χ1n) is 9.40. The Hall–Kier alpha value is -2.82. The Morgan fingerprint density at radius 1 is 1.24 bits per heavy atom. The van der Waals surface area contributed by atoms with Crippen molar-refractivity contribution in [2.24, 2.45) is 0 Å². The second-order valence-corrected chi connectivity index (χ2v) is 6.40. The van der Waals surface area contributed by atoms with Gasteiger partial charge in [-0.25, -0.2) is 14.4 Å². The van der Waals surface area contributed by atoms with E-state index in [0.717, 1.165) is 20.0 Å². The summed E-state index contributed by atoms with van der Waals surface area (Å²) < 4.78 is 14.8. The third-order valence-corrected chi connectivity index (χ3v) is 4.19. The molecular formula is C18H29N3O8. The molecule has 0 bridgehead atoms. The molecule has 0 unspecified atom stereocenters. The van der Waals surface area contributed by atoms with Crippen molar-refractivity contribution in [3.8, 4) is 0 Å². The Morgan fingerprint density at radius 2 is 1.90 bits per heavy atom. The van der Waals surface area contributed by atoms with Gasteiger partial charge in [-0.05, 0) is 6.42 Å². The first-order chi connectivity index (χ1) is 13.8. The minimum atomic E-state index is -1.34. The van der Waals surface area contributed by atoms with Crippen molar-refractivity contribution in [1.29, 1.82) is 0 Å². The largest absolute Gasteiger partial charge is 0.464 e. The maximum Gasteiger partial charge on any atom is 0.409 e. The van der Waals surface area contributed by atoms with Crippen LogP contribution in [0.2, 0.25) is 0 Å². The summed E-state index contributed by atoms with van der Waals surface area (Å²) in [5.74, 6) is -1.69. The molecule has 3 amide bonds. The Morgan fingerprint density at radius 3 is 2.45 bits per heavy atom. The van der Waals surface area contributed by atoms with Crippen molar-refractivity contribution in [3.05, 3.63) is 12.3 Å². The number of ether oxygens (including phenoxy) is 3. The predicted molar refractivity (Wildman–Crippen MR) is 101 cm³/mol. The van der Waals surface area contributed by atoms with Gasteiger partial charge < -0.3 is 34.9 Å². The number of alkyl carbamates (subject to hydrolysis) is 1. The summed E-state index contributed by atoms with van der Waals surface area (Å²) in [6.07, 6.45) is 0.856. The van der Waals surface area contributed by atoms with E-state index in [4.69, 9.17) is 9.47 Å². The SMILES string of the molecule is C=C(NC(=O)[C@H](CO)NC(=O)OC1CCN(C(=O)OCCCC)CC1)C(=O)OC. The number of amides is 3. The minimum absolute atomic E-state index is 0.329. The van der Waals surface area contributed by atoms with Gasteiger partial charge in [-0.3, -0.25) is 4.79 Å². The normalized spacial score (nSPS) is 15.1. The van der Waals surface area contributed by atoms with Gasteiger partial charge >= 0.3 is 18.2 Å². The smallest absolute Gasteiger partial charge is 0.409 e. The van der Waals surface area contributed by atoms with E-state index in [1.807, 2.05) is 6.92 Å². The number of likely N-dealkylation sites (tertiary alicyclic amines) is 1. The van der Waals surface area contributed by atoms with Crippen LogP contribution in [0.25, 0.3) is 0 Å². The van der Waals surface area contributed by atoms with Crippen LogP contribution in [0.1, 0.15) is 32.6 Å². The van der Waals surface area contributed by atoms with E-state index in [1.54, 1.807) is 4.90 Å². The summed E-state index contributed by atoms with van der Waals surface area (Å²) in [5.41, 5.74) is -0.329. The van der Waals surface area contributed by atoms with Crippen LogP contribution in [0.15, 0.2) is 12.3 Å². The van der Waals surface area contributed by atoms with Crippen molar-refractivity contribution in [2.45, 2.75) is 44.8 Å². The number of nitrogens with zero attached hydrogens (tertiary/aromatic N) is 1. The van der Waals surface area contributed by atoms with Gasteiger partial charge in [0.1, 0.15) is 17.8 Å². The van der Waals surface area contributed by atoms with Gasteiger partial charge in [0.2, 0.25) is 5.91 Å². The van der Waals surface area contributed by atoms with Crippen LogP contribution in [-0.4, -0.2) is 79.6 Å². The molecule has 1 heterocycles. The number of hydrogen-bond acceptors (Lipinski definition) is 8. The number of nitrogens with one attached hydrogen (secondary N) is 2. The van der Waals surface area contributed by atoms with Crippen LogP contribution in [0.5, 0.6) is 0 Å². The van der Waals surface area contributed by atoms with Crippen LogP contribution >= 0.6 is 0 Å². The third kappa shape index (κ3) is 8.38. The highest BCUT2D eigenvalue weighted by molar-refractivity contribution is 5.95. The zero-order valence-corrected chi connectivity index (χ0v) is 16.8. The fraction of sp³-hybridized carbons (Fsp3) is 0.667. The summed E-state index contributed by atoms with van der Waals surface area (Å²) in [6.45, 7) is 5.75. The first-order valence-corrected chi connectivity index (χ1v) is 9.40. The standard InChI is InChI=1S/C18H29N3O8/c1-4-5-10-28-18(26)21-8-6-13(7-9-21)29-17(25)20-14(11-22)15(23)19-12(2)16(24)27-3/h13-14,22H,2,4-11H2,1,3H3,(H,19,23)(H,20,25)/t14-/m0/s1. The molecule has 11 nitrogen and oxygen atoms in total. The number of unbranched alkanes of at least 4 members (excludes halogenated alkanes) is 1. The van der Waals surface area contributed by atoms with Gasteiger partial charge in [0.05, 0.1) is 20.3 Å². The number of carbonyl (C=O) groups is 4. The summed E-state index contributed by atoms with van der Waals surface area (Å²) in [6, 6.07) is -1.34. The fourth-order valence-electron chi connectivity index (χ4n) is 2.48. The van der Waals surface area contributed by atoms with Gasteiger partial charge in [-0.1, -0.05) is 19.9 Å². The number of carbonyl (C=O) groups excluding carboxylic acids is 4. The van der Waals surface area contributed by atoms with Crippen molar-refractivity contribution in [3.63, 3.8) is 0 Å². The van der Waals surface area contributed by atoms with E-state index in [2.05, 4.69) is 21.9 Å². The Labute approximate surface area is 169 Å². The monoisotopic (exact) mass is 415 g/mol. The molecule has 0 aromatic carbocycles. The zero-order chi connectivity index (χ0) is 21.8. The number of esters is 1. The lowest BCUT2D eigenvalue weighted by atomic mass is 10.1. The molecule has 0 aromatic heterocycles. The number of rotatable bonds is 9. The van der Waals surface area contributed by atoms with E-state index in [-0.39, 0.29) is 11.8 Å². The summed E-state index contributed by atoms with van der Waals surface area (Å²) in [7, 11) is 1.12. The molecule has 1 aliphatic rings. The summed E-state index contributed by atoms with van der Waals surface area (Å²) in [4.78, 5) is 48.7. The molecule has 1 aliphatic heterocycles. The zero-order valence-electron chi connectivity index (χ0n) is 16.8. The van der Waals surface area contributed by atoms with E-state index in [9.17, 15) is 24.3 Å². The molecule has 1 atom stereocenters. The van der Waals surface area contributed by atoms with E-state index < -0.39 is 36.7 Å². The van der Waals surface area contributed by atoms with Crippen LogP contribution in [-0.2, 0) is 23.8 Å². The molecule has 11 heteroatoms. The lowest BCUT2D eigenvalue weighted by molar-refractivity contribution is -0.138. The molecular weight excluding hydrogens is 386 g/mol. The number of piperidine rings is 1. The van der Waals surface area contributed by atoms with Crippen LogP contribution in [0, 0.1) is 0 Å². The number of aliphatic hydroxyl groups is 1. The minimum Gasteiger partial charge on any atom is -0.464 e. The maximum atomic E-state index is 12.0. The maximum absolute atomic E-state index is 12.0. The average Bonchev–Trinajstić information content (AvgIpc) is 2.71. The molecule has 0 spiro atoms. The van der Waals surface area contributed by atoms with Gasteiger partial charge in [-0.15, -0.1) is 0 Å². The lowest BCUT2D eigenvalue weighted by Gasteiger charge is -2.31. The highest BCUT2D eigenvalue weighted by Gasteiger charge is 2.28. The number of aliphatic hydroxyl groups excluding tert-OH is 1. The van der Waals surface area contributed by atoms with Crippen molar-refractivity contribution in [1.82, 2.24) is 15.5 Å². The molecule has 0 saturated carbocycles. The Kier molecular flexibility index (Phi) is 10.5. The van der Waals surface area contributed by atoms with E-state index in [0.29, 0.717) is 32.5 Å². The Bertz CT molecular complexity index is 602. The molecule has 1 fully saturated rings. The molecule has 3 N–H and O–H groups in total. The molecule has 1 saturated heterocycles. The predicted octanol–water partition coefficient (Wildman–Crippen LogP) is 0.278. The van der Waals surface area contributed by atoms with Crippen molar-refractivity contribution >= 4 is 24.1 Å². The molecule has 0 radical (unpaired) electrons. The molecule has 164 valence electrons. The second-order valence-electron chi connectivity index (χ2n) is 6.40. The topological polar surface area (TPSA) is 144 Å². The molecule has 29 heavy (non-hydrogen) atoms. The van der Waals surface area contributed by atoms with Gasteiger partial charge in [0, 0.05) is 25.9 Å². The van der Waals surface area contributed by atoms with Gasteiger partial charge in [0.15, 0.2) is 0 Å². The number of methoxy groups -OCH3 is 1. The molecule has 1 rings (SSSR count). The summed E-state index contributed by atoms with van der Waals surface area (Å²) >= 11 is 0. The number of hydrogen-bond donors (Lipinski definition) is 3. The lowest BCUT2D eigenvalue weighted by Crippen LogP contribution is -2.50. The van der Waals surface area contributed by atoms with Gasteiger partial charge in [0.25, 0.3) is 0 Å². The highest BCUT2D eigenvalue weighted by Crippen LogP contribution is 2.15. The van der Waals surface area contributed by atoms with E-state index >= 15 is 0 Å². The molecule has 0 aliphatic carbocycles. The van der Waals surface area contributed by atoms with Crippen molar-refractivity contribution in [2.75, 3.05) is 33.4 Å². The third-order valence-electron chi connectivity index (χ3n) is 4.19. The highest BCUT2D eigenvalue weighted by atomic mass is 16.6. The van der Waals surface area contributed by atoms with Crippen LogP contribution in [0.4, 0.5) is 9.59 Å². The van der Waals surface area contributed by atoms with Crippen molar-refractivity contribution < 1.29 is 38.5 Å². The van der Waals surface area contributed by atoms with E-state index in [1.165, 1.54) is 0 Å².